The van der Waals surface area contributed by atoms with Crippen LogP contribution >= 0.6 is 0 Å². The lowest BCUT2D eigenvalue weighted by Gasteiger charge is -2.42. The highest BCUT2D eigenvalue weighted by molar-refractivity contribution is 5.58. The van der Waals surface area contributed by atoms with Crippen molar-refractivity contribution in [3.8, 4) is 0 Å². The Morgan fingerprint density at radius 3 is 2.60 bits per heavy atom. The van der Waals surface area contributed by atoms with E-state index in [2.05, 4.69) is 23.9 Å². The van der Waals surface area contributed by atoms with Crippen LogP contribution in [0, 0.1) is 16.0 Å². The molecule has 1 saturated heterocycles. The van der Waals surface area contributed by atoms with Crippen molar-refractivity contribution in [2.45, 2.75) is 18.8 Å². The van der Waals surface area contributed by atoms with Crippen molar-refractivity contribution in [2.24, 2.45) is 5.92 Å². The minimum absolute atomic E-state index is 0.248. The molecule has 5 nitrogen and oxygen atoms in total. The van der Waals surface area contributed by atoms with Crippen LogP contribution in [0.15, 0.2) is 18.2 Å². The molecule has 0 atom stereocenters. The monoisotopic (exact) mass is 275 g/mol. The molecule has 1 aliphatic heterocycles. The van der Waals surface area contributed by atoms with Gasteiger partial charge in [0.05, 0.1) is 4.92 Å². The van der Waals surface area contributed by atoms with Gasteiger partial charge in [-0.05, 0) is 45.0 Å². The molecule has 0 N–H and O–H groups in total. The van der Waals surface area contributed by atoms with Gasteiger partial charge in [0.1, 0.15) is 0 Å². The van der Waals surface area contributed by atoms with Crippen LogP contribution in [0.3, 0.4) is 0 Å². The van der Waals surface area contributed by atoms with Gasteiger partial charge in [-0.2, -0.15) is 0 Å². The Hall–Kier alpha value is -1.62. The van der Waals surface area contributed by atoms with Crippen molar-refractivity contribution < 1.29 is 4.92 Å². The second-order valence-corrected chi connectivity index (χ2v) is 6.31. The van der Waals surface area contributed by atoms with E-state index in [1.54, 1.807) is 6.07 Å². The summed E-state index contributed by atoms with van der Waals surface area (Å²) in [5, 5.41) is 11.1. The maximum atomic E-state index is 11.1. The zero-order valence-corrected chi connectivity index (χ0v) is 12.1. The first kappa shape index (κ1) is 13.4. The minimum Gasteiger partial charge on any atom is -0.371 e. The van der Waals surface area contributed by atoms with Crippen molar-refractivity contribution in [2.75, 3.05) is 38.6 Å². The molecule has 2 aliphatic rings. The molecule has 0 unspecified atom stereocenters. The van der Waals surface area contributed by atoms with Crippen LogP contribution in [0.1, 0.15) is 24.3 Å². The van der Waals surface area contributed by atoms with E-state index in [9.17, 15) is 10.1 Å². The number of hydrogen-bond donors (Lipinski definition) is 0. The smallest absolute Gasteiger partial charge is 0.273 e. The van der Waals surface area contributed by atoms with E-state index < -0.39 is 0 Å². The number of nitrogens with zero attached hydrogens (tertiary/aromatic N) is 3. The number of nitro groups is 1. The van der Waals surface area contributed by atoms with E-state index in [1.807, 2.05) is 12.1 Å². The number of rotatable bonds is 5. The lowest BCUT2D eigenvalue weighted by atomic mass is 9.97. The van der Waals surface area contributed by atoms with Gasteiger partial charge in [0, 0.05) is 42.9 Å². The lowest BCUT2D eigenvalue weighted by molar-refractivity contribution is -0.385. The Labute approximate surface area is 119 Å². The summed E-state index contributed by atoms with van der Waals surface area (Å²) in [6.45, 7) is 3.22. The first-order valence-electron chi connectivity index (χ1n) is 7.22. The minimum atomic E-state index is -0.248. The number of nitro benzene ring substituents is 1. The Morgan fingerprint density at radius 2 is 2.05 bits per heavy atom. The van der Waals surface area contributed by atoms with Gasteiger partial charge in [0.15, 0.2) is 0 Å². The fraction of sp³-hybridized carbons (Fsp3) is 0.600. The first-order chi connectivity index (χ1) is 9.54. The van der Waals surface area contributed by atoms with E-state index in [1.165, 1.54) is 0 Å². The third-order valence-corrected chi connectivity index (χ3v) is 4.17. The standard InChI is InChI=1S/C15H21N3O2/c1-16(2)8-11-9-17(10-11)13-5-6-15(18(19)20)14(7-13)12-3-4-12/h5-7,11-12H,3-4,8-10H2,1-2H3. The van der Waals surface area contributed by atoms with Crippen molar-refractivity contribution in [3.63, 3.8) is 0 Å². The van der Waals surface area contributed by atoms with Gasteiger partial charge < -0.3 is 9.80 Å². The predicted octanol–water partition coefficient (Wildman–Crippen LogP) is 2.47. The zero-order valence-electron chi connectivity index (χ0n) is 12.1. The van der Waals surface area contributed by atoms with Gasteiger partial charge in [-0.1, -0.05) is 0 Å². The molecular weight excluding hydrogens is 254 g/mol. The predicted molar refractivity (Wildman–Crippen MR) is 79.3 cm³/mol. The molecule has 1 aromatic carbocycles. The van der Waals surface area contributed by atoms with Gasteiger partial charge in [-0.3, -0.25) is 10.1 Å². The van der Waals surface area contributed by atoms with Crippen LogP contribution in [0.25, 0.3) is 0 Å². The highest BCUT2D eigenvalue weighted by atomic mass is 16.6. The van der Waals surface area contributed by atoms with Crippen LogP contribution in [0.2, 0.25) is 0 Å². The normalized spacial score (nSPS) is 19.2. The molecular formula is C15H21N3O2. The fourth-order valence-corrected chi connectivity index (χ4v) is 3.04. The number of benzene rings is 1. The Kier molecular flexibility index (Phi) is 3.38. The molecule has 0 bridgehead atoms. The summed E-state index contributed by atoms with van der Waals surface area (Å²) < 4.78 is 0. The average Bonchev–Trinajstić information content (AvgIpc) is 3.16. The molecule has 1 heterocycles. The largest absolute Gasteiger partial charge is 0.371 e. The van der Waals surface area contributed by atoms with Crippen LogP contribution in [0.5, 0.6) is 0 Å². The average molecular weight is 275 g/mol. The highest BCUT2D eigenvalue weighted by Crippen LogP contribution is 2.45. The molecule has 0 radical (unpaired) electrons. The molecule has 3 rings (SSSR count). The maximum absolute atomic E-state index is 11.1. The Morgan fingerprint density at radius 1 is 1.35 bits per heavy atom. The molecule has 2 fully saturated rings. The quantitative estimate of drug-likeness (QED) is 0.612. The lowest BCUT2D eigenvalue weighted by Crippen LogP contribution is -2.50. The second-order valence-electron chi connectivity index (χ2n) is 6.31. The van der Waals surface area contributed by atoms with Crippen molar-refractivity contribution in [1.29, 1.82) is 0 Å². The van der Waals surface area contributed by atoms with Crippen molar-refractivity contribution in [3.05, 3.63) is 33.9 Å². The van der Waals surface area contributed by atoms with Gasteiger partial charge in [0.25, 0.3) is 5.69 Å². The molecule has 0 aromatic heterocycles. The summed E-state index contributed by atoms with van der Waals surface area (Å²) in [6, 6.07) is 5.62. The van der Waals surface area contributed by atoms with E-state index >= 15 is 0 Å². The van der Waals surface area contributed by atoms with Gasteiger partial charge in [-0.25, -0.2) is 0 Å². The Bertz CT molecular complexity index is 520. The van der Waals surface area contributed by atoms with Gasteiger partial charge in [0.2, 0.25) is 0 Å². The van der Waals surface area contributed by atoms with E-state index in [0.29, 0.717) is 17.5 Å². The highest BCUT2D eigenvalue weighted by Gasteiger charge is 2.33. The molecule has 1 aliphatic carbocycles. The first-order valence-corrected chi connectivity index (χ1v) is 7.22. The third kappa shape index (κ3) is 2.63. The maximum Gasteiger partial charge on any atom is 0.273 e. The van der Waals surface area contributed by atoms with Crippen LogP contribution < -0.4 is 4.90 Å². The molecule has 0 spiro atoms. The summed E-state index contributed by atoms with van der Waals surface area (Å²) in [5.41, 5.74) is 2.37. The SMILES string of the molecule is CN(C)CC1CN(c2ccc([N+](=O)[O-])c(C3CC3)c2)C1. The number of hydrogen-bond acceptors (Lipinski definition) is 4. The molecule has 1 aromatic rings. The topological polar surface area (TPSA) is 49.6 Å². The molecule has 5 heteroatoms. The van der Waals surface area contributed by atoms with E-state index in [4.69, 9.17) is 0 Å². The van der Waals surface area contributed by atoms with Crippen LogP contribution in [-0.2, 0) is 0 Å². The zero-order chi connectivity index (χ0) is 14.3. The Balaban J connectivity index is 1.72. The molecule has 108 valence electrons. The van der Waals surface area contributed by atoms with Crippen LogP contribution in [0.4, 0.5) is 11.4 Å². The van der Waals surface area contributed by atoms with Gasteiger partial charge >= 0.3 is 0 Å². The third-order valence-electron chi connectivity index (χ3n) is 4.17. The van der Waals surface area contributed by atoms with Crippen molar-refractivity contribution >= 4 is 11.4 Å². The van der Waals surface area contributed by atoms with E-state index in [0.717, 1.165) is 43.7 Å². The summed E-state index contributed by atoms with van der Waals surface area (Å²) in [5.74, 6) is 1.12. The van der Waals surface area contributed by atoms with Crippen LogP contribution in [-0.4, -0.2) is 43.6 Å². The van der Waals surface area contributed by atoms with Crippen molar-refractivity contribution in [1.82, 2.24) is 4.90 Å². The number of anilines is 1. The summed E-state index contributed by atoms with van der Waals surface area (Å²) >= 11 is 0. The summed E-state index contributed by atoms with van der Waals surface area (Å²) in [7, 11) is 4.19. The second kappa shape index (κ2) is 5.05. The molecule has 0 amide bonds. The summed E-state index contributed by atoms with van der Waals surface area (Å²) in [4.78, 5) is 15.4. The fourth-order valence-electron chi connectivity index (χ4n) is 3.04. The van der Waals surface area contributed by atoms with Gasteiger partial charge in [-0.15, -0.1) is 0 Å². The van der Waals surface area contributed by atoms with E-state index in [-0.39, 0.29) is 4.92 Å². The molecule has 20 heavy (non-hydrogen) atoms. The molecule has 1 saturated carbocycles. The summed E-state index contributed by atoms with van der Waals surface area (Å²) in [6.07, 6.45) is 2.18.